The Morgan fingerprint density at radius 3 is 2.94 bits per heavy atom. The number of halogens is 2. The molecule has 6 rings (SSSR count). The van der Waals surface area contributed by atoms with Crippen LogP contribution in [0.25, 0.3) is 22.4 Å². The average molecular weight is 470 g/mol. The number of aromatic nitrogens is 7. The van der Waals surface area contributed by atoms with Crippen molar-refractivity contribution >= 4 is 40.2 Å². The Balaban J connectivity index is 1.29. The zero-order chi connectivity index (χ0) is 22.0. The Labute approximate surface area is 193 Å². The van der Waals surface area contributed by atoms with E-state index < -0.39 is 0 Å². The molecule has 1 saturated carbocycles. The van der Waals surface area contributed by atoms with Gasteiger partial charge in [-0.05, 0) is 24.3 Å². The van der Waals surface area contributed by atoms with Crippen molar-refractivity contribution in [3.05, 3.63) is 46.3 Å². The molecule has 3 N–H and O–H groups in total. The van der Waals surface area contributed by atoms with Crippen molar-refractivity contribution in [2.24, 2.45) is 24.6 Å². The van der Waals surface area contributed by atoms with E-state index in [-0.39, 0.29) is 5.41 Å². The van der Waals surface area contributed by atoms with Crippen LogP contribution in [0, 0.1) is 11.8 Å². The van der Waals surface area contributed by atoms with Gasteiger partial charge in [-0.1, -0.05) is 40.5 Å². The zero-order valence-corrected chi connectivity index (χ0v) is 18.8. The second-order valence-electron chi connectivity index (χ2n) is 8.57. The van der Waals surface area contributed by atoms with Crippen LogP contribution in [0.5, 0.6) is 0 Å². The number of aryl methyl sites for hydroxylation is 1. The second-order valence-corrected chi connectivity index (χ2v) is 9.35. The molecule has 1 aliphatic heterocycles. The number of nitrogens with two attached hydrogens (primary N) is 1. The maximum atomic E-state index is 6.39. The summed E-state index contributed by atoms with van der Waals surface area (Å²) in [4.78, 5) is 11.7. The monoisotopic (exact) mass is 469 g/mol. The summed E-state index contributed by atoms with van der Waals surface area (Å²) in [5.74, 6) is 1.78. The minimum absolute atomic E-state index is 0.0922. The molecule has 3 unspecified atom stereocenters. The summed E-state index contributed by atoms with van der Waals surface area (Å²) in [7, 11) is 1.89. The van der Waals surface area contributed by atoms with Crippen LogP contribution in [-0.2, 0) is 12.5 Å². The number of nitrogens with zero attached hydrogens (tertiary/aromatic N) is 7. The number of benzene rings is 1. The molecule has 0 radical (unpaired) electrons. The molecule has 0 amide bonds. The van der Waals surface area contributed by atoms with Gasteiger partial charge in [-0.2, -0.15) is 5.10 Å². The van der Waals surface area contributed by atoms with Gasteiger partial charge in [-0.3, -0.25) is 9.78 Å². The smallest absolute Gasteiger partial charge is 0.177 e. The molecule has 0 spiro atoms. The minimum Gasteiger partial charge on any atom is -0.355 e. The van der Waals surface area contributed by atoms with Gasteiger partial charge in [0.05, 0.1) is 21.9 Å². The average Bonchev–Trinajstić information content (AvgIpc) is 3.06. The van der Waals surface area contributed by atoms with Crippen LogP contribution >= 0.6 is 23.2 Å². The van der Waals surface area contributed by atoms with Crippen LogP contribution in [-0.4, -0.2) is 54.8 Å². The minimum atomic E-state index is -0.0922. The van der Waals surface area contributed by atoms with E-state index in [1.165, 1.54) is 0 Å². The number of anilines is 1. The Kier molecular flexibility index (Phi) is 4.43. The summed E-state index contributed by atoms with van der Waals surface area (Å²) in [6.45, 7) is 2.33. The Bertz CT molecular complexity index is 1330. The normalized spacial score (nSPS) is 24.7. The number of H-pyrrole nitrogens is 1. The first-order valence-electron chi connectivity index (χ1n) is 10.5. The van der Waals surface area contributed by atoms with Gasteiger partial charge in [0.15, 0.2) is 5.65 Å². The molecule has 1 aliphatic carbocycles. The van der Waals surface area contributed by atoms with E-state index >= 15 is 0 Å². The van der Waals surface area contributed by atoms with Crippen LogP contribution in [0.3, 0.4) is 0 Å². The first kappa shape index (κ1) is 19.9. The summed E-state index contributed by atoms with van der Waals surface area (Å²) in [5, 5.41) is 16.8. The van der Waals surface area contributed by atoms with Crippen molar-refractivity contribution in [2.75, 3.05) is 24.5 Å². The lowest BCUT2D eigenvalue weighted by Gasteiger charge is -2.26. The van der Waals surface area contributed by atoms with Crippen LogP contribution in [0.1, 0.15) is 12.1 Å². The van der Waals surface area contributed by atoms with Crippen LogP contribution in [0.15, 0.2) is 30.6 Å². The Morgan fingerprint density at radius 1 is 1.28 bits per heavy atom. The molecule has 9 nitrogen and oxygen atoms in total. The van der Waals surface area contributed by atoms with Crippen molar-refractivity contribution in [3.8, 4) is 11.3 Å². The lowest BCUT2D eigenvalue weighted by atomic mass is 9.98. The molecule has 1 saturated heterocycles. The largest absolute Gasteiger partial charge is 0.355 e. The fourth-order valence-corrected chi connectivity index (χ4v) is 5.74. The first-order chi connectivity index (χ1) is 15.5. The summed E-state index contributed by atoms with van der Waals surface area (Å²) >= 11 is 12.6. The van der Waals surface area contributed by atoms with Crippen molar-refractivity contribution in [3.63, 3.8) is 0 Å². The third-order valence-corrected chi connectivity index (χ3v) is 7.85. The van der Waals surface area contributed by atoms with Gasteiger partial charge in [0, 0.05) is 43.9 Å². The van der Waals surface area contributed by atoms with Crippen molar-refractivity contribution in [2.45, 2.75) is 11.8 Å². The molecule has 3 atom stereocenters. The van der Waals surface area contributed by atoms with Gasteiger partial charge in [0.1, 0.15) is 17.0 Å². The maximum absolute atomic E-state index is 6.39. The van der Waals surface area contributed by atoms with Crippen LogP contribution in [0.2, 0.25) is 10.0 Å². The summed E-state index contributed by atoms with van der Waals surface area (Å²) in [6.07, 6.45) is 4.83. The molecule has 11 heteroatoms. The number of hydrogen-bond donors (Lipinski definition) is 2. The highest BCUT2D eigenvalue weighted by atomic mass is 35.5. The third-order valence-electron chi connectivity index (χ3n) is 7.03. The molecule has 2 fully saturated rings. The molecule has 164 valence electrons. The van der Waals surface area contributed by atoms with E-state index in [0.717, 1.165) is 36.6 Å². The summed E-state index contributed by atoms with van der Waals surface area (Å²) in [6, 6.07) is 5.46. The molecule has 3 aromatic heterocycles. The predicted octanol–water partition coefficient (Wildman–Crippen LogP) is 2.81. The first-order valence-corrected chi connectivity index (χ1v) is 11.3. The van der Waals surface area contributed by atoms with Gasteiger partial charge in [0.25, 0.3) is 0 Å². The number of piperidine rings is 1. The van der Waals surface area contributed by atoms with E-state index in [0.29, 0.717) is 45.3 Å². The summed E-state index contributed by atoms with van der Waals surface area (Å²) < 4.78 is 1.75. The van der Waals surface area contributed by atoms with Gasteiger partial charge in [-0.15, -0.1) is 5.10 Å². The van der Waals surface area contributed by atoms with Gasteiger partial charge in [-0.25, -0.2) is 9.97 Å². The molecule has 0 bridgehead atoms. The highest BCUT2D eigenvalue weighted by molar-refractivity contribution is 6.43. The van der Waals surface area contributed by atoms with E-state index in [1.54, 1.807) is 16.9 Å². The fraction of sp³-hybridized carbons (Fsp3) is 0.381. The van der Waals surface area contributed by atoms with Gasteiger partial charge < -0.3 is 10.6 Å². The molecule has 2 aliphatic rings. The van der Waals surface area contributed by atoms with Crippen LogP contribution < -0.4 is 10.6 Å². The van der Waals surface area contributed by atoms with Crippen molar-refractivity contribution in [1.82, 2.24) is 35.2 Å². The van der Waals surface area contributed by atoms with Crippen molar-refractivity contribution < 1.29 is 0 Å². The van der Waals surface area contributed by atoms with E-state index in [4.69, 9.17) is 33.9 Å². The third kappa shape index (κ3) is 2.78. The van der Waals surface area contributed by atoms with E-state index in [9.17, 15) is 0 Å². The molecule has 4 heterocycles. The zero-order valence-electron chi connectivity index (χ0n) is 17.3. The lowest BCUT2D eigenvalue weighted by molar-refractivity contribution is 0.545. The molecular weight excluding hydrogens is 449 g/mol. The highest BCUT2D eigenvalue weighted by Gasteiger charge is 2.67. The fourth-order valence-electron chi connectivity index (χ4n) is 5.35. The van der Waals surface area contributed by atoms with Gasteiger partial charge in [0.2, 0.25) is 0 Å². The van der Waals surface area contributed by atoms with E-state index in [1.807, 2.05) is 25.4 Å². The molecule has 4 aromatic rings. The SMILES string of the molecule is Cn1cc(C2(CN)C3CCN(c4cnc5c(-c6cccc(Cl)c6Cl)n[nH]c5n4)CC32)nn1. The van der Waals surface area contributed by atoms with Crippen molar-refractivity contribution in [1.29, 1.82) is 0 Å². The van der Waals surface area contributed by atoms with Crippen LogP contribution in [0.4, 0.5) is 5.82 Å². The standard InChI is InChI=1S/C21H21Cl2N9/c1-31-9-15(27-30-31)21(10-24)12-5-6-32(8-13(12)21)16-7-25-19-18(28-29-20(19)26-16)11-3-2-4-14(22)17(11)23/h2-4,7,9,12-13H,5-6,8,10,24H2,1H3,(H,26,28,29). The quantitative estimate of drug-likeness (QED) is 0.472. The number of fused-ring (bicyclic) bond motifs is 2. The maximum Gasteiger partial charge on any atom is 0.177 e. The number of hydrogen-bond acceptors (Lipinski definition) is 7. The summed E-state index contributed by atoms with van der Waals surface area (Å²) in [5.41, 5.74) is 9.80. The lowest BCUT2D eigenvalue weighted by Crippen LogP contribution is -2.32. The highest BCUT2D eigenvalue weighted by Crippen LogP contribution is 2.62. The number of nitrogens with one attached hydrogen (secondary N) is 1. The molecule has 1 aromatic carbocycles. The van der Waals surface area contributed by atoms with E-state index in [2.05, 4.69) is 30.4 Å². The number of rotatable bonds is 4. The predicted molar refractivity (Wildman–Crippen MR) is 123 cm³/mol. The topological polar surface area (TPSA) is 114 Å². The second kappa shape index (κ2) is 7.13. The molecular formula is C21H21Cl2N9. The molecule has 32 heavy (non-hydrogen) atoms. The Hall–Kier alpha value is -2.75. The Morgan fingerprint density at radius 2 is 2.16 bits per heavy atom. The number of aromatic amines is 1. The van der Waals surface area contributed by atoms with Gasteiger partial charge >= 0.3 is 0 Å².